The van der Waals surface area contributed by atoms with E-state index in [0.717, 1.165) is 50.1 Å². The molecule has 0 saturated carbocycles. The summed E-state index contributed by atoms with van der Waals surface area (Å²) < 4.78 is 6.87. The maximum absolute atomic E-state index is 6.87. The molecule has 0 aliphatic heterocycles. The third kappa shape index (κ3) is 5.29. The summed E-state index contributed by atoms with van der Waals surface area (Å²) in [5.41, 5.74) is 9.29. The zero-order valence-electron chi connectivity index (χ0n) is 28.4. The fourth-order valence-electron chi connectivity index (χ4n) is 7.45. The molecule has 1 heterocycles. The van der Waals surface area contributed by atoms with E-state index in [9.17, 15) is 0 Å². The fraction of sp³-hybridized carbons (Fsp3) is 0.0204. The van der Waals surface area contributed by atoms with Crippen LogP contribution in [0.25, 0.3) is 71.0 Å². The van der Waals surface area contributed by atoms with Gasteiger partial charge in [0.25, 0.3) is 0 Å². The van der Waals surface area contributed by atoms with E-state index in [1.165, 1.54) is 43.4 Å². The van der Waals surface area contributed by atoms with E-state index in [2.05, 4.69) is 181 Å². The van der Waals surface area contributed by atoms with Crippen molar-refractivity contribution in [3.05, 3.63) is 194 Å². The van der Waals surface area contributed by atoms with Crippen LogP contribution >= 0.6 is 0 Å². The van der Waals surface area contributed by atoms with Crippen molar-refractivity contribution in [2.75, 3.05) is 4.90 Å². The molecule has 51 heavy (non-hydrogen) atoms. The Morgan fingerprint density at radius 2 is 1.27 bits per heavy atom. The largest absolute Gasteiger partial charge is 0.454 e. The SMILES string of the molecule is C=C/C(=C\C=C/C)c1cccc(N(c2ccc(-c3ccc4ccccc4c3)cc2)c2cccc3c2oc2ccc4ccc5ccccc5c4c23)c1. The maximum Gasteiger partial charge on any atom is 0.159 e. The third-order valence-electron chi connectivity index (χ3n) is 9.92. The van der Waals surface area contributed by atoms with Gasteiger partial charge in [-0.1, -0.05) is 146 Å². The van der Waals surface area contributed by atoms with Crippen LogP contribution in [0.1, 0.15) is 12.5 Å². The van der Waals surface area contributed by atoms with Crippen molar-refractivity contribution in [2.24, 2.45) is 0 Å². The summed E-state index contributed by atoms with van der Waals surface area (Å²) in [5, 5.41) is 9.59. The highest BCUT2D eigenvalue weighted by Gasteiger charge is 2.21. The van der Waals surface area contributed by atoms with E-state index in [4.69, 9.17) is 4.42 Å². The van der Waals surface area contributed by atoms with Gasteiger partial charge in [0, 0.05) is 27.5 Å². The zero-order chi connectivity index (χ0) is 34.3. The van der Waals surface area contributed by atoms with Crippen LogP contribution in [0.3, 0.4) is 0 Å². The Kier molecular flexibility index (Phi) is 7.56. The average Bonchev–Trinajstić information content (AvgIpc) is 3.58. The minimum atomic E-state index is 0.852. The van der Waals surface area contributed by atoms with Gasteiger partial charge in [-0.15, -0.1) is 0 Å². The van der Waals surface area contributed by atoms with Gasteiger partial charge in [-0.3, -0.25) is 0 Å². The van der Waals surface area contributed by atoms with Crippen LogP contribution in [0.15, 0.2) is 193 Å². The molecule has 0 amide bonds. The lowest BCUT2D eigenvalue weighted by Crippen LogP contribution is -2.10. The molecule has 0 unspecified atom stereocenters. The number of furan rings is 1. The molecule has 2 nitrogen and oxygen atoms in total. The minimum absolute atomic E-state index is 0.852. The Balaban J connectivity index is 1.26. The smallest absolute Gasteiger partial charge is 0.159 e. The lowest BCUT2D eigenvalue weighted by Gasteiger charge is -2.26. The molecule has 0 bridgehead atoms. The fourth-order valence-corrected chi connectivity index (χ4v) is 7.45. The van der Waals surface area contributed by atoms with Gasteiger partial charge < -0.3 is 9.32 Å². The van der Waals surface area contributed by atoms with Crippen LogP contribution in [0.4, 0.5) is 17.1 Å². The molecule has 0 aliphatic carbocycles. The van der Waals surface area contributed by atoms with Crippen molar-refractivity contribution < 1.29 is 4.42 Å². The van der Waals surface area contributed by atoms with Crippen LogP contribution in [0, 0.1) is 0 Å². The molecule has 0 N–H and O–H groups in total. The monoisotopic (exact) mass is 653 g/mol. The number of hydrogen-bond acceptors (Lipinski definition) is 2. The summed E-state index contributed by atoms with van der Waals surface area (Å²) in [6.07, 6.45) is 8.10. The van der Waals surface area contributed by atoms with Crippen molar-refractivity contribution in [2.45, 2.75) is 6.92 Å². The van der Waals surface area contributed by atoms with E-state index < -0.39 is 0 Å². The van der Waals surface area contributed by atoms with Gasteiger partial charge in [0.1, 0.15) is 5.58 Å². The standard InChI is InChI=1S/C49H35NO/c1-3-5-12-33(4-2)39-16-10-17-42(32-39)50(41-28-25-35(26-29-41)40-24-21-34-13-6-7-15-38(34)31-40)45-20-11-19-44-48-46(51-49(44)45)30-27-37-23-22-36-14-8-9-18-43(36)47(37)48/h3-32H,2H2,1H3/b5-3-,33-12+. The second-order valence-electron chi connectivity index (χ2n) is 12.9. The van der Waals surface area contributed by atoms with Crippen LogP contribution in [-0.2, 0) is 0 Å². The van der Waals surface area contributed by atoms with E-state index in [1.807, 2.05) is 19.1 Å². The molecule has 242 valence electrons. The molecular weight excluding hydrogens is 619 g/mol. The first-order valence-electron chi connectivity index (χ1n) is 17.4. The van der Waals surface area contributed by atoms with Gasteiger partial charge in [0.2, 0.25) is 0 Å². The molecule has 0 spiro atoms. The van der Waals surface area contributed by atoms with Crippen molar-refractivity contribution in [1.29, 1.82) is 0 Å². The highest BCUT2D eigenvalue weighted by atomic mass is 16.3. The predicted molar refractivity (Wildman–Crippen MR) is 219 cm³/mol. The quantitative estimate of drug-likeness (QED) is 0.126. The van der Waals surface area contributed by atoms with Crippen LogP contribution in [0.5, 0.6) is 0 Å². The van der Waals surface area contributed by atoms with E-state index in [0.29, 0.717) is 0 Å². The van der Waals surface area contributed by atoms with Crippen molar-refractivity contribution in [1.82, 2.24) is 0 Å². The molecular formula is C49H35NO. The van der Waals surface area contributed by atoms with E-state index in [1.54, 1.807) is 0 Å². The first-order chi connectivity index (χ1) is 25.2. The number of hydrogen-bond donors (Lipinski definition) is 0. The van der Waals surface area contributed by atoms with E-state index >= 15 is 0 Å². The summed E-state index contributed by atoms with van der Waals surface area (Å²) >= 11 is 0. The van der Waals surface area contributed by atoms with Gasteiger partial charge in [-0.05, 0) is 98.6 Å². The molecule has 1 aromatic heterocycles. The van der Waals surface area contributed by atoms with Crippen LogP contribution in [0.2, 0.25) is 0 Å². The number of rotatable bonds is 7. The van der Waals surface area contributed by atoms with Gasteiger partial charge >= 0.3 is 0 Å². The molecule has 0 aliphatic rings. The normalized spacial score (nSPS) is 12.1. The van der Waals surface area contributed by atoms with Gasteiger partial charge in [-0.2, -0.15) is 0 Å². The Bertz CT molecular complexity index is 2830. The summed E-state index contributed by atoms with van der Waals surface area (Å²) in [5.74, 6) is 0. The summed E-state index contributed by atoms with van der Waals surface area (Å²) in [4.78, 5) is 2.31. The lowest BCUT2D eigenvalue weighted by molar-refractivity contribution is 0.669. The second-order valence-corrected chi connectivity index (χ2v) is 12.9. The number of nitrogens with zero attached hydrogens (tertiary/aromatic N) is 1. The number of anilines is 3. The van der Waals surface area contributed by atoms with Crippen LogP contribution in [-0.4, -0.2) is 0 Å². The topological polar surface area (TPSA) is 16.4 Å². The molecule has 8 aromatic carbocycles. The first kappa shape index (κ1) is 30.4. The van der Waals surface area contributed by atoms with E-state index in [-0.39, 0.29) is 0 Å². The molecule has 2 heteroatoms. The van der Waals surface area contributed by atoms with Crippen molar-refractivity contribution >= 4 is 76.9 Å². The molecule has 0 fully saturated rings. The molecule has 0 saturated heterocycles. The average molecular weight is 654 g/mol. The van der Waals surface area contributed by atoms with Gasteiger partial charge in [0.15, 0.2) is 5.58 Å². The Morgan fingerprint density at radius 3 is 2.12 bits per heavy atom. The lowest BCUT2D eigenvalue weighted by atomic mass is 9.97. The third-order valence-corrected chi connectivity index (χ3v) is 9.92. The van der Waals surface area contributed by atoms with Crippen molar-refractivity contribution in [3.8, 4) is 11.1 Å². The summed E-state index contributed by atoms with van der Waals surface area (Å²) in [6.45, 7) is 6.14. The highest BCUT2D eigenvalue weighted by Crippen LogP contribution is 2.45. The zero-order valence-corrected chi connectivity index (χ0v) is 28.4. The number of fused-ring (bicyclic) bond motifs is 8. The summed E-state index contributed by atoms with van der Waals surface area (Å²) in [6, 6.07) is 56.5. The second kappa shape index (κ2) is 12.7. The Hall–Kier alpha value is -6.64. The molecule has 9 aromatic rings. The predicted octanol–water partition coefficient (Wildman–Crippen LogP) is 14.3. The first-order valence-corrected chi connectivity index (χ1v) is 17.4. The highest BCUT2D eigenvalue weighted by molar-refractivity contribution is 6.27. The molecule has 9 rings (SSSR count). The molecule has 0 radical (unpaired) electrons. The number of allylic oxidation sites excluding steroid dienone is 5. The Morgan fingerprint density at radius 1 is 0.569 bits per heavy atom. The van der Waals surface area contributed by atoms with Gasteiger partial charge in [0.05, 0.1) is 5.69 Å². The van der Waals surface area contributed by atoms with Gasteiger partial charge in [-0.25, -0.2) is 0 Å². The number of para-hydroxylation sites is 1. The minimum Gasteiger partial charge on any atom is -0.454 e. The van der Waals surface area contributed by atoms with Crippen LogP contribution < -0.4 is 4.90 Å². The Labute approximate surface area is 297 Å². The molecule has 0 atom stereocenters. The van der Waals surface area contributed by atoms with Crippen molar-refractivity contribution in [3.63, 3.8) is 0 Å². The maximum atomic E-state index is 6.87. The summed E-state index contributed by atoms with van der Waals surface area (Å²) in [7, 11) is 0. The number of benzene rings is 8.